The minimum absolute atomic E-state index is 0.0161. The molecule has 0 unspecified atom stereocenters. The molecule has 1 saturated heterocycles. The summed E-state index contributed by atoms with van der Waals surface area (Å²) in [6.45, 7) is 7.11. The summed E-state index contributed by atoms with van der Waals surface area (Å²) >= 11 is 0. The number of likely N-dealkylation sites (tertiary alicyclic amines) is 1. The van der Waals surface area contributed by atoms with E-state index in [1.807, 2.05) is 24.3 Å². The first-order valence-corrected chi connectivity index (χ1v) is 11.6. The summed E-state index contributed by atoms with van der Waals surface area (Å²) in [4.78, 5) is 15.2. The lowest BCUT2D eigenvalue weighted by atomic mass is 10.1. The number of rotatable bonds is 11. The van der Waals surface area contributed by atoms with E-state index in [4.69, 9.17) is 9.47 Å². The van der Waals surface area contributed by atoms with Crippen LogP contribution in [-0.4, -0.2) is 56.7 Å². The maximum absolute atomic E-state index is 13.8. The van der Waals surface area contributed by atoms with Crippen LogP contribution in [0.4, 0.5) is 4.39 Å². The molecule has 0 aliphatic carbocycles. The van der Waals surface area contributed by atoms with E-state index in [9.17, 15) is 9.18 Å². The molecule has 0 saturated carbocycles. The molecule has 33 heavy (non-hydrogen) atoms. The maximum atomic E-state index is 13.8. The van der Waals surface area contributed by atoms with Gasteiger partial charge >= 0.3 is 0 Å². The normalized spacial score (nSPS) is 18.5. The van der Waals surface area contributed by atoms with E-state index in [0.29, 0.717) is 42.5 Å². The topological polar surface area (TPSA) is 62.8 Å². The molecule has 6 nitrogen and oxygen atoms in total. The lowest BCUT2D eigenvalue weighted by molar-refractivity contribution is -0.125. The van der Waals surface area contributed by atoms with Crippen molar-refractivity contribution < 1.29 is 18.7 Å². The van der Waals surface area contributed by atoms with Crippen LogP contribution in [0.5, 0.6) is 11.5 Å². The number of ether oxygens (including phenoxy) is 2. The van der Waals surface area contributed by atoms with Crippen molar-refractivity contribution in [2.24, 2.45) is 5.92 Å². The number of amides is 1. The molecule has 1 heterocycles. The number of methoxy groups -OCH3 is 2. The minimum Gasteiger partial charge on any atom is -0.493 e. The van der Waals surface area contributed by atoms with Crippen molar-refractivity contribution in [1.82, 2.24) is 15.5 Å². The van der Waals surface area contributed by atoms with Crippen molar-refractivity contribution in [3.63, 3.8) is 0 Å². The molecule has 7 heteroatoms. The van der Waals surface area contributed by atoms with Gasteiger partial charge in [0.05, 0.1) is 20.3 Å². The predicted octanol–water partition coefficient (Wildman–Crippen LogP) is 3.39. The zero-order chi connectivity index (χ0) is 23.8. The third kappa shape index (κ3) is 6.92. The zero-order valence-corrected chi connectivity index (χ0v) is 20.1. The van der Waals surface area contributed by atoms with Gasteiger partial charge in [0.15, 0.2) is 11.5 Å². The van der Waals surface area contributed by atoms with E-state index >= 15 is 0 Å². The highest BCUT2D eigenvalue weighted by Crippen LogP contribution is 2.28. The Balaban J connectivity index is 1.56. The van der Waals surface area contributed by atoms with Crippen LogP contribution < -0.4 is 20.1 Å². The average Bonchev–Trinajstić information content (AvgIpc) is 3.20. The first-order chi connectivity index (χ1) is 15.9. The van der Waals surface area contributed by atoms with Gasteiger partial charge in [0.2, 0.25) is 5.91 Å². The van der Waals surface area contributed by atoms with Gasteiger partial charge in [-0.25, -0.2) is 4.39 Å². The molecule has 2 atom stereocenters. The molecule has 3 rings (SSSR count). The summed E-state index contributed by atoms with van der Waals surface area (Å²) in [5.41, 5.74) is 1.72. The Morgan fingerprint density at radius 1 is 1.15 bits per heavy atom. The Kier molecular flexibility index (Phi) is 9.09. The Hall–Kier alpha value is -2.64. The number of nitrogens with zero attached hydrogens (tertiary/aromatic N) is 1. The molecule has 1 aliphatic rings. The molecule has 1 amide bonds. The molecule has 0 aromatic heterocycles. The summed E-state index contributed by atoms with van der Waals surface area (Å²) in [6.07, 6.45) is 1.22. The highest BCUT2D eigenvalue weighted by atomic mass is 19.1. The van der Waals surface area contributed by atoms with Gasteiger partial charge in [-0.3, -0.25) is 9.69 Å². The van der Waals surface area contributed by atoms with Crippen LogP contribution in [0.25, 0.3) is 0 Å². The summed E-state index contributed by atoms with van der Waals surface area (Å²) < 4.78 is 24.6. The number of carbonyl (C=O) groups excluding carboxylic acids is 1. The van der Waals surface area contributed by atoms with Crippen LogP contribution in [0.3, 0.4) is 0 Å². The fraction of sp³-hybridized carbons (Fsp3) is 0.500. The van der Waals surface area contributed by atoms with Gasteiger partial charge in [-0.1, -0.05) is 38.1 Å². The molecule has 1 aliphatic heterocycles. The lowest BCUT2D eigenvalue weighted by Crippen LogP contribution is -2.45. The van der Waals surface area contributed by atoms with E-state index < -0.39 is 0 Å². The second-order valence-corrected chi connectivity index (χ2v) is 9.00. The van der Waals surface area contributed by atoms with Crippen LogP contribution in [-0.2, 0) is 17.8 Å². The molecule has 0 spiro atoms. The molecular weight excluding hydrogens is 421 g/mol. The van der Waals surface area contributed by atoms with Crippen molar-refractivity contribution in [2.75, 3.05) is 33.9 Å². The second-order valence-electron chi connectivity index (χ2n) is 9.00. The first kappa shape index (κ1) is 25.0. The number of carbonyl (C=O) groups is 1. The second kappa shape index (κ2) is 12.0. The lowest BCUT2D eigenvalue weighted by Gasteiger charge is -2.25. The molecule has 2 N–H and O–H groups in total. The largest absolute Gasteiger partial charge is 0.493 e. The standard InChI is InChI=1S/C26H36FN3O3/c1-18(2)16-30-17-21(29-15-19-9-10-24(32-3)25(13-19)33-4)14-23(30)26(31)28-12-11-20-7-5-6-8-22(20)27/h5-10,13,18,21,23,29H,11-12,14-17H2,1-4H3,(H,28,31)/t21-,23-/m0/s1. The van der Waals surface area contributed by atoms with E-state index in [0.717, 1.165) is 25.1 Å². The number of halogens is 1. The summed E-state index contributed by atoms with van der Waals surface area (Å²) in [7, 11) is 3.25. The van der Waals surface area contributed by atoms with Crippen molar-refractivity contribution in [3.05, 3.63) is 59.4 Å². The van der Waals surface area contributed by atoms with Gasteiger partial charge in [0.25, 0.3) is 0 Å². The van der Waals surface area contributed by atoms with Gasteiger partial charge in [-0.2, -0.15) is 0 Å². The maximum Gasteiger partial charge on any atom is 0.237 e. The van der Waals surface area contributed by atoms with Crippen molar-refractivity contribution in [1.29, 1.82) is 0 Å². The zero-order valence-electron chi connectivity index (χ0n) is 20.1. The van der Waals surface area contributed by atoms with E-state index in [2.05, 4.69) is 29.4 Å². The molecule has 0 radical (unpaired) electrons. The fourth-order valence-corrected chi connectivity index (χ4v) is 4.39. The summed E-state index contributed by atoms with van der Waals surface area (Å²) in [6, 6.07) is 12.6. The molecular formula is C26H36FN3O3. The van der Waals surface area contributed by atoms with Gasteiger partial charge in [0.1, 0.15) is 5.82 Å². The van der Waals surface area contributed by atoms with Gasteiger partial charge in [-0.05, 0) is 48.1 Å². The number of hydrogen-bond acceptors (Lipinski definition) is 5. The van der Waals surface area contributed by atoms with Crippen LogP contribution in [0, 0.1) is 11.7 Å². The molecule has 0 bridgehead atoms. The molecule has 1 fully saturated rings. The van der Waals surface area contributed by atoms with Crippen LogP contribution >= 0.6 is 0 Å². The van der Waals surface area contributed by atoms with Crippen LogP contribution in [0.1, 0.15) is 31.4 Å². The van der Waals surface area contributed by atoms with E-state index in [1.165, 1.54) is 6.07 Å². The van der Waals surface area contributed by atoms with Crippen molar-refractivity contribution in [2.45, 2.75) is 45.3 Å². The Morgan fingerprint density at radius 3 is 2.61 bits per heavy atom. The third-order valence-corrected chi connectivity index (χ3v) is 6.00. The Morgan fingerprint density at radius 2 is 1.91 bits per heavy atom. The SMILES string of the molecule is COc1ccc(CN[C@H]2C[C@@H](C(=O)NCCc3ccccc3F)N(CC(C)C)C2)cc1OC. The Bertz CT molecular complexity index is 921. The number of benzene rings is 2. The molecule has 2 aromatic rings. The number of hydrogen-bond donors (Lipinski definition) is 2. The van der Waals surface area contributed by atoms with E-state index in [1.54, 1.807) is 26.4 Å². The van der Waals surface area contributed by atoms with Crippen LogP contribution in [0.15, 0.2) is 42.5 Å². The predicted molar refractivity (Wildman–Crippen MR) is 128 cm³/mol. The Labute approximate surface area is 196 Å². The van der Waals surface area contributed by atoms with Gasteiger partial charge < -0.3 is 20.1 Å². The fourth-order valence-electron chi connectivity index (χ4n) is 4.39. The van der Waals surface area contributed by atoms with Crippen molar-refractivity contribution >= 4 is 5.91 Å². The average molecular weight is 458 g/mol. The molecule has 2 aromatic carbocycles. The van der Waals surface area contributed by atoms with Crippen LogP contribution in [0.2, 0.25) is 0 Å². The first-order valence-electron chi connectivity index (χ1n) is 11.6. The summed E-state index contributed by atoms with van der Waals surface area (Å²) in [5, 5.41) is 6.62. The minimum atomic E-state index is -0.228. The highest BCUT2D eigenvalue weighted by molar-refractivity contribution is 5.82. The van der Waals surface area contributed by atoms with Gasteiger partial charge in [0, 0.05) is 32.2 Å². The highest BCUT2D eigenvalue weighted by Gasteiger charge is 2.36. The third-order valence-electron chi connectivity index (χ3n) is 6.00. The van der Waals surface area contributed by atoms with Gasteiger partial charge in [-0.15, -0.1) is 0 Å². The number of nitrogens with one attached hydrogen (secondary N) is 2. The summed E-state index contributed by atoms with van der Waals surface area (Å²) in [5.74, 6) is 1.66. The molecule has 180 valence electrons. The van der Waals surface area contributed by atoms with Crippen molar-refractivity contribution in [3.8, 4) is 11.5 Å². The quantitative estimate of drug-likeness (QED) is 0.542. The smallest absolute Gasteiger partial charge is 0.237 e. The monoisotopic (exact) mass is 457 g/mol. The van der Waals surface area contributed by atoms with E-state index in [-0.39, 0.29) is 23.8 Å².